The molecule has 1 aromatic carbocycles. The molecule has 1 rings (SSSR count). The van der Waals surface area contributed by atoms with E-state index in [1.54, 1.807) is 0 Å². The SMILES string of the molecule is CCCCCC(=O)[N+](C)(C)Cc1ccccc1. The summed E-state index contributed by atoms with van der Waals surface area (Å²) < 4.78 is 0.452. The van der Waals surface area contributed by atoms with Crippen molar-refractivity contribution in [2.75, 3.05) is 14.1 Å². The Labute approximate surface area is 105 Å². The molecule has 0 atom stereocenters. The van der Waals surface area contributed by atoms with E-state index in [9.17, 15) is 4.79 Å². The number of rotatable bonds is 6. The quantitative estimate of drug-likeness (QED) is 0.545. The van der Waals surface area contributed by atoms with Gasteiger partial charge in [0.15, 0.2) is 0 Å². The van der Waals surface area contributed by atoms with Crippen LogP contribution in [0.25, 0.3) is 0 Å². The first-order valence-corrected chi connectivity index (χ1v) is 6.46. The van der Waals surface area contributed by atoms with Crippen molar-refractivity contribution in [2.24, 2.45) is 0 Å². The highest BCUT2D eigenvalue weighted by molar-refractivity contribution is 5.68. The molecule has 0 spiro atoms. The first-order valence-electron chi connectivity index (χ1n) is 6.46. The zero-order valence-electron chi connectivity index (χ0n) is 11.3. The summed E-state index contributed by atoms with van der Waals surface area (Å²) in [6, 6.07) is 10.2. The number of unbranched alkanes of at least 4 members (excludes halogenated alkanes) is 2. The normalized spacial score (nSPS) is 11.5. The van der Waals surface area contributed by atoms with Crippen molar-refractivity contribution in [1.29, 1.82) is 0 Å². The van der Waals surface area contributed by atoms with Crippen LogP contribution in [0.1, 0.15) is 38.2 Å². The molecule has 2 nitrogen and oxygen atoms in total. The molecule has 0 aliphatic heterocycles. The Morgan fingerprint density at radius 3 is 2.35 bits per heavy atom. The summed E-state index contributed by atoms with van der Waals surface area (Å²) in [5.41, 5.74) is 1.22. The topological polar surface area (TPSA) is 17.1 Å². The Morgan fingerprint density at radius 1 is 1.12 bits per heavy atom. The van der Waals surface area contributed by atoms with Crippen LogP contribution in [0.4, 0.5) is 0 Å². The van der Waals surface area contributed by atoms with Crippen LogP contribution >= 0.6 is 0 Å². The van der Waals surface area contributed by atoms with Gasteiger partial charge in [0.25, 0.3) is 0 Å². The number of hydrogen-bond acceptors (Lipinski definition) is 1. The van der Waals surface area contributed by atoms with Gasteiger partial charge in [-0.1, -0.05) is 50.1 Å². The number of quaternary nitrogens is 1. The van der Waals surface area contributed by atoms with Crippen molar-refractivity contribution in [3.63, 3.8) is 0 Å². The minimum atomic E-state index is 0.335. The first kappa shape index (κ1) is 13.9. The maximum atomic E-state index is 12.1. The summed E-state index contributed by atoms with van der Waals surface area (Å²) in [5.74, 6) is 0.335. The Hall–Kier alpha value is -1.15. The summed E-state index contributed by atoms with van der Waals surface area (Å²) in [7, 11) is 4.00. The summed E-state index contributed by atoms with van der Waals surface area (Å²) >= 11 is 0. The van der Waals surface area contributed by atoms with Crippen LogP contribution < -0.4 is 0 Å². The largest absolute Gasteiger partial charge is 0.313 e. The molecule has 0 heterocycles. The van der Waals surface area contributed by atoms with E-state index in [2.05, 4.69) is 19.1 Å². The monoisotopic (exact) mass is 234 g/mol. The summed E-state index contributed by atoms with van der Waals surface area (Å²) in [6.45, 7) is 2.94. The van der Waals surface area contributed by atoms with E-state index in [0.717, 1.165) is 19.4 Å². The van der Waals surface area contributed by atoms with Crippen LogP contribution in [-0.2, 0) is 11.3 Å². The van der Waals surface area contributed by atoms with Crippen LogP contribution in [-0.4, -0.2) is 24.5 Å². The average Bonchev–Trinajstić information content (AvgIpc) is 2.30. The lowest BCUT2D eigenvalue weighted by molar-refractivity contribution is -0.828. The predicted molar refractivity (Wildman–Crippen MR) is 71.4 cm³/mol. The molecule has 0 N–H and O–H groups in total. The Morgan fingerprint density at radius 2 is 1.76 bits per heavy atom. The van der Waals surface area contributed by atoms with Gasteiger partial charge in [-0.2, -0.15) is 0 Å². The second-order valence-corrected chi connectivity index (χ2v) is 5.18. The summed E-state index contributed by atoms with van der Waals surface area (Å²) in [6.07, 6.45) is 4.04. The van der Waals surface area contributed by atoms with E-state index in [1.165, 1.54) is 12.0 Å². The van der Waals surface area contributed by atoms with E-state index in [4.69, 9.17) is 0 Å². The molecular formula is C15H24NO+. The van der Waals surface area contributed by atoms with Gasteiger partial charge in [0, 0.05) is 5.56 Å². The standard InChI is InChI=1S/C15H24NO/c1-4-5-7-12-15(17)16(2,3)13-14-10-8-6-9-11-14/h6,8-11H,4-5,7,12-13H2,1-3H3/q+1. The third kappa shape index (κ3) is 4.70. The molecule has 0 aromatic heterocycles. The lowest BCUT2D eigenvalue weighted by Crippen LogP contribution is -2.44. The number of benzene rings is 1. The minimum absolute atomic E-state index is 0.335. The van der Waals surface area contributed by atoms with E-state index >= 15 is 0 Å². The molecule has 1 amide bonds. The third-order valence-corrected chi connectivity index (χ3v) is 3.09. The average molecular weight is 234 g/mol. The van der Waals surface area contributed by atoms with Crippen molar-refractivity contribution in [1.82, 2.24) is 0 Å². The van der Waals surface area contributed by atoms with E-state index < -0.39 is 0 Å². The lowest BCUT2D eigenvalue weighted by Gasteiger charge is -2.27. The van der Waals surface area contributed by atoms with Gasteiger partial charge in [-0.15, -0.1) is 0 Å². The number of amides is 1. The van der Waals surface area contributed by atoms with E-state index in [0.29, 0.717) is 16.8 Å². The molecule has 0 saturated carbocycles. The first-order chi connectivity index (χ1) is 8.06. The van der Waals surface area contributed by atoms with Gasteiger partial charge in [0.1, 0.15) is 6.54 Å². The van der Waals surface area contributed by atoms with Crippen LogP contribution in [0.5, 0.6) is 0 Å². The number of nitrogens with zero attached hydrogens (tertiary/aromatic N) is 1. The summed E-state index contributed by atoms with van der Waals surface area (Å²) in [5, 5.41) is 0. The highest BCUT2D eigenvalue weighted by Crippen LogP contribution is 2.13. The highest BCUT2D eigenvalue weighted by Gasteiger charge is 2.25. The van der Waals surface area contributed by atoms with Crippen molar-refractivity contribution in [3.8, 4) is 0 Å². The van der Waals surface area contributed by atoms with Crippen molar-refractivity contribution in [3.05, 3.63) is 35.9 Å². The number of carbonyl (C=O) groups is 1. The van der Waals surface area contributed by atoms with Gasteiger partial charge in [-0.25, -0.2) is 4.79 Å². The predicted octanol–water partition coefficient (Wildman–Crippen LogP) is 3.37. The fourth-order valence-electron chi connectivity index (χ4n) is 1.96. The Bertz CT molecular complexity index is 343. The van der Waals surface area contributed by atoms with Gasteiger partial charge in [-0.05, 0) is 6.42 Å². The van der Waals surface area contributed by atoms with Gasteiger partial charge < -0.3 is 0 Å². The molecular weight excluding hydrogens is 210 g/mol. The van der Waals surface area contributed by atoms with Crippen molar-refractivity contribution in [2.45, 2.75) is 39.2 Å². The molecule has 0 aliphatic carbocycles. The van der Waals surface area contributed by atoms with Gasteiger partial charge in [0.2, 0.25) is 0 Å². The third-order valence-electron chi connectivity index (χ3n) is 3.09. The zero-order chi connectivity index (χ0) is 12.7. The van der Waals surface area contributed by atoms with Crippen molar-refractivity contribution < 1.29 is 9.28 Å². The molecule has 0 aliphatic rings. The fraction of sp³-hybridized carbons (Fsp3) is 0.533. The van der Waals surface area contributed by atoms with Gasteiger partial charge in [0.05, 0.1) is 20.5 Å². The Balaban J connectivity index is 2.52. The minimum Gasteiger partial charge on any atom is -0.262 e. The molecule has 0 fully saturated rings. The second-order valence-electron chi connectivity index (χ2n) is 5.18. The maximum Gasteiger partial charge on any atom is 0.313 e. The molecule has 0 saturated heterocycles. The number of carbonyl (C=O) groups excluding carboxylic acids is 1. The van der Waals surface area contributed by atoms with E-state index in [-0.39, 0.29) is 0 Å². The molecule has 0 radical (unpaired) electrons. The van der Waals surface area contributed by atoms with Gasteiger partial charge in [-0.3, -0.25) is 4.48 Å². The smallest absolute Gasteiger partial charge is 0.262 e. The fourth-order valence-corrected chi connectivity index (χ4v) is 1.96. The molecule has 1 aromatic rings. The van der Waals surface area contributed by atoms with Crippen LogP contribution in [0, 0.1) is 0 Å². The number of hydrogen-bond donors (Lipinski definition) is 0. The Kier molecular flexibility index (Phi) is 5.36. The zero-order valence-corrected chi connectivity index (χ0v) is 11.3. The van der Waals surface area contributed by atoms with Gasteiger partial charge >= 0.3 is 5.91 Å². The van der Waals surface area contributed by atoms with Crippen molar-refractivity contribution >= 4 is 5.91 Å². The van der Waals surface area contributed by atoms with E-state index in [1.807, 2.05) is 32.3 Å². The van der Waals surface area contributed by atoms with Crippen LogP contribution in [0.2, 0.25) is 0 Å². The molecule has 0 bridgehead atoms. The lowest BCUT2D eigenvalue weighted by atomic mass is 10.1. The van der Waals surface area contributed by atoms with Crippen LogP contribution in [0.3, 0.4) is 0 Å². The maximum absolute atomic E-state index is 12.1. The molecule has 0 unspecified atom stereocenters. The molecule has 2 heteroatoms. The van der Waals surface area contributed by atoms with Crippen LogP contribution in [0.15, 0.2) is 30.3 Å². The molecule has 17 heavy (non-hydrogen) atoms. The molecule has 94 valence electrons. The highest BCUT2D eigenvalue weighted by atomic mass is 16.2. The summed E-state index contributed by atoms with van der Waals surface area (Å²) in [4.78, 5) is 12.1. The second kappa shape index (κ2) is 6.55.